The van der Waals surface area contributed by atoms with Crippen LogP contribution in [-0.4, -0.2) is 35.7 Å². The molecule has 1 unspecified atom stereocenters. The summed E-state index contributed by atoms with van der Waals surface area (Å²) in [7, 11) is 0. The Morgan fingerprint density at radius 2 is 1.82 bits per heavy atom. The van der Waals surface area contributed by atoms with E-state index < -0.39 is 6.10 Å². The quantitative estimate of drug-likeness (QED) is 0.607. The van der Waals surface area contributed by atoms with Gasteiger partial charge in [-0.15, -0.1) is 11.6 Å². The standard InChI is InChI=1S/C16H24ClN3O2/c17-10-15(21)11-18-12-6-8-14(9-7-12)20-16(22)19-13-4-2-1-3-5-13/h6-9,13,15,18,21H,1-5,10-11H2,(H2,19,20,22). The number of hydrogen-bond acceptors (Lipinski definition) is 3. The molecule has 0 aromatic heterocycles. The van der Waals surface area contributed by atoms with E-state index in [4.69, 9.17) is 11.6 Å². The lowest BCUT2D eigenvalue weighted by Gasteiger charge is -2.22. The minimum atomic E-state index is -0.569. The van der Waals surface area contributed by atoms with E-state index in [0.29, 0.717) is 12.6 Å². The van der Waals surface area contributed by atoms with Crippen molar-refractivity contribution in [1.82, 2.24) is 5.32 Å². The predicted octanol–water partition coefficient (Wildman–Crippen LogP) is 3.15. The van der Waals surface area contributed by atoms with E-state index in [1.807, 2.05) is 24.3 Å². The van der Waals surface area contributed by atoms with Crippen molar-refractivity contribution in [3.05, 3.63) is 24.3 Å². The number of halogens is 1. The molecule has 1 aromatic rings. The van der Waals surface area contributed by atoms with Gasteiger partial charge in [-0.3, -0.25) is 0 Å². The Balaban J connectivity index is 1.76. The monoisotopic (exact) mass is 325 g/mol. The second-order valence-electron chi connectivity index (χ2n) is 5.70. The van der Waals surface area contributed by atoms with Gasteiger partial charge in [-0.25, -0.2) is 4.79 Å². The van der Waals surface area contributed by atoms with Crippen LogP contribution in [-0.2, 0) is 0 Å². The summed E-state index contributed by atoms with van der Waals surface area (Å²) in [5, 5.41) is 18.3. The van der Waals surface area contributed by atoms with E-state index in [9.17, 15) is 9.90 Å². The Bertz CT molecular complexity index is 461. The second kappa shape index (κ2) is 8.86. The normalized spacial score (nSPS) is 16.8. The molecular formula is C16H24ClN3O2. The van der Waals surface area contributed by atoms with Gasteiger partial charge in [0.15, 0.2) is 0 Å². The summed E-state index contributed by atoms with van der Waals surface area (Å²) in [5.41, 5.74) is 1.62. The van der Waals surface area contributed by atoms with E-state index in [1.54, 1.807) is 0 Å². The molecular weight excluding hydrogens is 302 g/mol. The van der Waals surface area contributed by atoms with E-state index >= 15 is 0 Å². The first kappa shape index (κ1) is 16.9. The number of carbonyl (C=O) groups is 1. The van der Waals surface area contributed by atoms with Gasteiger partial charge in [0.25, 0.3) is 0 Å². The van der Waals surface area contributed by atoms with Crippen molar-refractivity contribution < 1.29 is 9.90 Å². The Labute approximate surface area is 136 Å². The summed E-state index contributed by atoms with van der Waals surface area (Å²) in [4.78, 5) is 11.9. The highest BCUT2D eigenvalue weighted by atomic mass is 35.5. The summed E-state index contributed by atoms with van der Waals surface area (Å²) >= 11 is 5.54. The summed E-state index contributed by atoms with van der Waals surface area (Å²) < 4.78 is 0. The maximum atomic E-state index is 11.9. The Morgan fingerprint density at radius 3 is 2.45 bits per heavy atom. The SMILES string of the molecule is O=C(Nc1ccc(NCC(O)CCl)cc1)NC1CCCCC1. The number of hydrogen-bond donors (Lipinski definition) is 4. The van der Waals surface area contributed by atoms with Gasteiger partial charge in [0.2, 0.25) is 0 Å². The van der Waals surface area contributed by atoms with Gasteiger partial charge in [0.1, 0.15) is 0 Å². The molecule has 22 heavy (non-hydrogen) atoms. The van der Waals surface area contributed by atoms with E-state index in [0.717, 1.165) is 24.2 Å². The molecule has 5 nitrogen and oxygen atoms in total. The smallest absolute Gasteiger partial charge is 0.319 e. The fraction of sp³-hybridized carbons (Fsp3) is 0.562. The molecule has 6 heteroatoms. The third kappa shape index (κ3) is 5.73. The van der Waals surface area contributed by atoms with Gasteiger partial charge in [-0.2, -0.15) is 0 Å². The van der Waals surface area contributed by atoms with Crippen LogP contribution in [0.25, 0.3) is 0 Å². The average Bonchev–Trinajstić information content (AvgIpc) is 2.54. The molecule has 1 aromatic carbocycles. The number of anilines is 2. The third-order valence-corrected chi connectivity index (χ3v) is 4.16. The number of aliphatic hydroxyl groups is 1. The number of carbonyl (C=O) groups excluding carboxylic acids is 1. The zero-order valence-corrected chi connectivity index (χ0v) is 13.4. The molecule has 2 rings (SSSR count). The first-order valence-electron chi connectivity index (χ1n) is 7.83. The van der Waals surface area contributed by atoms with Gasteiger partial charge < -0.3 is 21.1 Å². The lowest BCUT2D eigenvalue weighted by atomic mass is 9.96. The molecule has 1 saturated carbocycles. The van der Waals surface area contributed by atoms with Crippen LogP contribution in [0.4, 0.5) is 16.2 Å². The minimum absolute atomic E-state index is 0.148. The molecule has 0 spiro atoms. The fourth-order valence-corrected chi connectivity index (χ4v) is 2.67. The maximum absolute atomic E-state index is 11.9. The van der Waals surface area contributed by atoms with E-state index in [2.05, 4.69) is 16.0 Å². The van der Waals surface area contributed by atoms with Crippen molar-refractivity contribution in [2.75, 3.05) is 23.1 Å². The summed E-state index contributed by atoms with van der Waals surface area (Å²) in [6.45, 7) is 0.401. The first-order chi connectivity index (χ1) is 10.7. The highest BCUT2D eigenvalue weighted by molar-refractivity contribution is 6.18. The second-order valence-corrected chi connectivity index (χ2v) is 6.01. The number of nitrogens with one attached hydrogen (secondary N) is 3. The van der Waals surface area contributed by atoms with Gasteiger partial charge in [0.05, 0.1) is 12.0 Å². The van der Waals surface area contributed by atoms with Crippen molar-refractivity contribution >= 4 is 29.0 Å². The summed E-state index contributed by atoms with van der Waals surface area (Å²) in [5.74, 6) is 0.202. The van der Waals surface area contributed by atoms with Crippen molar-refractivity contribution in [2.45, 2.75) is 44.2 Å². The molecule has 0 bridgehead atoms. The summed E-state index contributed by atoms with van der Waals surface area (Å²) in [6, 6.07) is 7.52. The van der Waals surface area contributed by atoms with Crippen LogP contribution in [0.3, 0.4) is 0 Å². The molecule has 0 aliphatic heterocycles. The number of alkyl halides is 1. The zero-order valence-electron chi connectivity index (χ0n) is 12.6. The van der Waals surface area contributed by atoms with E-state index in [1.165, 1.54) is 19.3 Å². The predicted molar refractivity (Wildman–Crippen MR) is 90.7 cm³/mol. The number of benzene rings is 1. The van der Waals surface area contributed by atoms with Crippen molar-refractivity contribution in [1.29, 1.82) is 0 Å². The van der Waals surface area contributed by atoms with Crippen LogP contribution in [0, 0.1) is 0 Å². The Hall–Kier alpha value is -1.46. The van der Waals surface area contributed by atoms with Crippen molar-refractivity contribution in [3.8, 4) is 0 Å². The van der Waals surface area contributed by atoms with Crippen LogP contribution < -0.4 is 16.0 Å². The van der Waals surface area contributed by atoms with Crippen molar-refractivity contribution in [2.24, 2.45) is 0 Å². The molecule has 2 amide bonds. The number of urea groups is 1. The molecule has 0 heterocycles. The fourth-order valence-electron chi connectivity index (χ4n) is 2.56. The lowest BCUT2D eigenvalue weighted by molar-refractivity contribution is 0.211. The van der Waals surface area contributed by atoms with Crippen LogP contribution in [0.2, 0.25) is 0 Å². The number of rotatable bonds is 6. The first-order valence-corrected chi connectivity index (χ1v) is 8.36. The molecule has 0 radical (unpaired) electrons. The number of amides is 2. The van der Waals surface area contributed by atoms with Crippen LogP contribution in [0.5, 0.6) is 0 Å². The molecule has 4 N–H and O–H groups in total. The molecule has 1 atom stereocenters. The molecule has 0 saturated heterocycles. The topological polar surface area (TPSA) is 73.4 Å². The average molecular weight is 326 g/mol. The van der Waals surface area contributed by atoms with Crippen molar-refractivity contribution in [3.63, 3.8) is 0 Å². The Kier molecular flexibility index (Phi) is 6.80. The van der Waals surface area contributed by atoms with Crippen LogP contribution in [0.15, 0.2) is 24.3 Å². The minimum Gasteiger partial charge on any atom is -0.390 e. The molecule has 1 aliphatic carbocycles. The third-order valence-electron chi connectivity index (χ3n) is 3.80. The Morgan fingerprint density at radius 1 is 1.18 bits per heavy atom. The number of aliphatic hydroxyl groups excluding tert-OH is 1. The zero-order chi connectivity index (χ0) is 15.8. The van der Waals surface area contributed by atoms with Gasteiger partial charge in [-0.1, -0.05) is 19.3 Å². The molecule has 1 fully saturated rings. The van der Waals surface area contributed by atoms with Gasteiger partial charge in [-0.05, 0) is 37.1 Å². The summed E-state index contributed by atoms with van der Waals surface area (Å²) in [6.07, 6.45) is 5.23. The van der Waals surface area contributed by atoms with Gasteiger partial charge >= 0.3 is 6.03 Å². The molecule has 1 aliphatic rings. The highest BCUT2D eigenvalue weighted by Gasteiger charge is 2.15. The lowest BCUT2D eigenvalue weighted by Crippen LogP contribution is -2.38. The van der Waals surface area contributed by atoms with E-state index in [-0.39, 0.29) is 11.9 Å². The van der Waals surface area contributed by atoms with Crippen LogP contribution in [0.1, 0.15) is 32.1 Å². The largest absolute Gasteiger partial charge is 0.390 e. The van der Waals surface area contributed by atoms with Gasteiger partial charge in [0, 0.05) is 24.0 Å². The molecule has 122 valence electrons. The maximum Gasteiger partial charge on any atom is 0.319 e. The highest BCUT2D eigenvalue weighted by Crippen LogP contribution is 2.18. The van der Waals surface area contributed by atoms with Crippen LogP contribution >= 0.6 is 11.6 Å².